The fraction of sp³-hybridized carbons (Fsp3) is 0.182. The summed E-state index contributed by atoms with van der Waals surface area (Å²) in [5.41, 5.74) is 4.75. The van der Waals surface area contributed by atoms with E-state index in [1.807, 2.05) is 44.3 Å². The Morgan fingerprint density at radius 1 is 1.14 bits per heavy atom. The van der Waals surface area contributed by atoms with E-state index in [2.05, 4.69) is 27.4 Å². The molecule has 4 aromatic rings. The van der Waals surface area contributed by atoms with Gasteiger partial charge in [-0.25, -0.2) is 4.98 Å². The predicted molar refractivity (Wildman–Crippen MR) is 114 cm³/mol. The molecule has 0 aliphatic carbocycles. The normalized spacial score (nSPS) is 11.1. The molecule has 0 unspecified atom stereocenters. The molecule has 28 heavy (non-hydrogen) atoms. The van der Waals surface area contributed by atoms with Crippen LogP contribution in [-0.2, 0) is 13.1 Å². The summed E-state index contributed by atoms with van der Waals surface area (Å²) in [5, 5.41) is 5.42. The predicted octanol–water partition coefficient (Wildman–Crippen LogP) is 4.66. The standard InChI is InChI=1S/C22H21ClN4O/c1-14-11-27(12-21-15(2)25-13-26-21)22(28)18-8-19(23)20(9-17(14)18)24-10-16-6-4-3-5-7-16/h3-9,11,13,24H,10,12H2,1-2H3,(H,25,26). The number of anilines is 1. The molecule has 0 aliphatic rings. The molecule has 6 heteroatoms. The van der Waals surface area contributed by atoms with Crippen molar-refractivity contribution in [2.75, 3.05) is 5.32 Å². The van der Waals surface area contributed by atoms with Crippen LogP contribution in [0.5, 0.6) is 0 Å². The first-order valence-corrected chi connectivity index (χ1v) is 9.50. The third kappa shape index (κ3) is 3.53. The number of nitrogens with zero attached hydrogens (tertiary/aromatic N) is 2. The molecule has 0 saturated carbocycles. The van der Waals surface area contributed by atoms with Gasteiger partial charge in [-0.3, -0.25) is 4.79 Å². The van der Waals surface area contributed by atoms with E-state index in [-0.39, 0.29) is 5.56 Å². The van der Waals surface area contributed by atoms with E-state index in [0.29, 0.717) is 23.5 Å². The van der Waals surface area contributed by atoms with Gasteiger partial charge in [-0.1, -0.05) is 41.9 Å². The summed E-state index contributed by atoms with van der Waals surface area (Å²) in [6, 6.07) is 13.8. The molecule has 0 spiro atoms. The summed E-state index contributed by atoms with van der Waals surface area (Å²) in [4.78, 5) is 20.4. The largest absolute Gasteiger partial charge is 0.380 e. The molecule has 0 radical (unpaired) electrons. The molecule has 0 bridgehead atoms. The third-order valence-corrected chi connectivity index (χ3v) is 5.27. The average Bonchev–Trinajstić information content (AvgIpc) is 3.10. The van der Waals surface area contributed by atoms with Crippen molar-refractivity contribution in [3.05, 3.63) is 92.9 Å². The lowest BCUT2D eigenvalue weighted by Gasteiger charge is -2.13. The van der Waals surface area contributed by atoms with Crippen LogP contribution in [0.25, 0.3) is 10.8 Å². The van der Waals surface area contributed by atoms with Gasteiger partial charge in [0.2, 0.25) is 0 Å². The highest BCUT2D eigenvalue weighted by molar-refractivity contribution is 6.34. The Morgan fingerprint density at radius 2 is 1.93 bits per heavy atom. The minimum absolute atomic E-state index is 0.0699. The number of halogens is 1. The van der Waals surface area contributed by atoms with E-state index < -0.39 is 0 Å². The Hall–Kier alpha value is -3.05. The SMILES string of the molecule is Cc1[nH]cnc1Cn1cc(C)c2cc(NCc3ccccc3)c(Cl)cc2c1=O. The monoisotopic (exact) mass is 392 g/mol. The van der Waals surface area contributed by atoms with Gasteiger partial charge < -0.3 is 14.9 Å². The van der Waals surface area contributed by atoms with Crippen molar-refractivity contribution in [1.82, 2.24) is 14.5 Å². The van der Waals surface area contributed by atoms with E-state index in [4.69, 9.17) is 11.6 Å². The van der Waals surface area contributed by atoms with Gasteiger partial charge >= 0.3 is 0 Å². The van der Waals surface area contributed by atoms with Crippen molar-refractivity contribution in [2.45, 2.75) is 26.9 Å². The lowest BCUT2D eigenvalue weighted by atomic mass is 10.1. The highest BCUT2D eigenvalue weighted by Gasteiger charge is 2.12. The van der Waals surface area contributed by atoms with Crippen molar-refractivity contribution in [3.8, 4) is 0 Å². The van der Waals surface area contributed by atoms with Gasteiger partial charge in [-0.05, 0) is 42.5 Å². The van der Waals surface area contributed by atoms with E-state index >= 15 is 0 Å². The Bertz CT molecular complexity index is 1190. The van der Waals surface area contributed by atoms with Gasteiger partial charge in [-0.2, -0.15) is 0 Å². The molecule has 2 N–H and O–H groups in total. The first kappa shape index (κ1) is 18.3. The molecule has 2 heterocycles. The first-order chi connectivity index (χ1) is 13.5. The fourth-order valence-corrected chi connectivity index (χ4v) is 3.58. The Labute approximate surface area is 168 Å². The van der Waals surface area contributed by atoms with Gasteiger partial charge in [0.25, 0.3) is 5.56 Å². The van der Waals surface area contributed by atoms with Gasteiger partial charge in [0.05, 0.1) is 29.3 Å². The van der Waals surface area contributed by atoms with Crippen LogP contribution in [0.2, 0.25) is 5.02 Å². The molecule has 2 aromatic carbocycles. The molecule has 0 fully saturated rings. The summed E-state index contributed by atoms with van der Waals surface area (Å²) in [7, 11) is 0. The zero-order chi connectivity index (χ0) is 19.7. The smallest absolute Gasteiger partial charge is 0.258 e. The Kier molecular flexibility index (Phi) is 4.92. The number of pyridine rings is 1. The number of H-pyrrole nitrogens is 1. The number of aromatic nitrogens is 3. The maximum Gasteiger partial charge on any atom is 0.258 e. The van der Waals surface area contributed by atoms with Crippen LogP contribution in [-0.4, -0.2) is 14.5 Å². The summed E-state index contributed by atoms with van der Waals surface area (Å²) < 4.78 is 1.69. The molecule has 2 aromatic heterocycles. The molecule has 0 aliphatic heterocycles. The van der Waals surface area contributed by atoms with Crippen molar-refractivity contribution in [2.24, 2.45) is 0 Å². The van der Waals surface area contributed by atoms with Gasteiger partial charge in [0.1, 0.15) is 0 Å². The first-order valence-electron chi connectivity index (χ1n) is 9.13. The molecule has 142 valence electrons. The zero-order valence-electron chi connectivity index (χ0n) is 15.8. The second-order valence-corrected chi connectivity index (χ2v) is 7.34. The van der Waals surface area contributed by atoms with Crippen molar-refractivity contribution >= 4 is 28.1 Å². The molecule has 0 amide bonds. The van der Waals surface area contributed by atoms with E-state index in [1.165, 1.54) is 5.56 Å². The number of rotatable bonds is 5. The summed E-state index contributed by atoms with van der Waals surface area (Å²) in [5.74, 6) is 0. The number of aromatic amines is 1. The number of benzene rings is 2. The maximum atomic E-state index is 13.0. The summed E-state index contributed by atoms with van der Waals surface area (Å²) in [6.07, 6.45) is 3.53. The molecule has 0 saturated heterocycles. The molecule has 5 nitrogen and oxygen atoms in total. The van der Waals surface area contributed by atoms with Crippen molar-refractivity contribution in [1.29, 1.82) is 0 Å². The summed E-state index contributed by atoms with van der Waals surface area (Å²) >= 11 is 6.49. The lowest BCUT2D eigenvalue weighted by Crippen LogP contribution is -2.21. The maximum absolute atomic E-state index is 13.0. The number of aryl methyl sites for hydroxylation is 2. The van der Waals surface area contributed by atoms with Crippen LogP contribution in [0.4, 0.5) is 5.69 Å². The Morgan fingerprint density at radius 3 is 2.64 bits per heavy atom. The minimum Gasteiger partial charge on any atom is -0.380 e. The minimum atomic E-state index is -0.0699. The number of hydrogen-bond acceptors (Lipinski definition) is 3. The molecule has 0 atom stereocenters. The summed E-state index contributed by atoms with van der Waals surface area (Å²) in [6.45, 7) is 5.05. The number of imidazole rings is 1. The lowest BCUT2D eigenvalue weighted by molar-refractivity contribution is 0.743. The second-order valence-electron chi connectivity index (χ2n) is 6.94. The molecule has 4 rings (SSSR count). The van der Waals surface area contributed by atoms with Crippen LogP contribution in [0, 0.1) is 13.8 Å². The number of fused-ring (bicyclic) bond motifs is 1. The number of nitrogens with one attached hydrogen (secondary N) is 2. The zero-order valence-corrected chi connectivity index (χ0v) is 16.5. The van der Waals surface area contributed by atoms with Crippen molar-refractivity contribution < 1.29 is 0 Å². The highest BCUT2D eigenvalue weighted by atomic mass is 35.5. The van der Waals surface area contributed by atoms with E-state index in [1.54, 1.807) is 17.0 Å². The topological polar surface area (TPSA) is 62.7 Å². The average molecular weight is 393 g/mol. The molecular formula is C22H21ClN4O. The van der Waals surface area contributed by atoms with Gasteiger partial charge in [0.15, 0.2) is 0 Å². The van der Waals surface area contributed by atoms with E-state index in [9.17, 15) is 4.79 Å². The van der Waals surface area contributed by atoms with Crippen LogP contribution in [0.1, 0.15) is 22.5 Å². The Balaban J connectivity index is 1.70. The van der Waals surface area contributed by atoms with Gasteiger partial charge in [0, 0.05) is 23.8 Å². The van der Waals surface area contributed by atoms with Crippen LogP contribution < -0.4 is 10.9 Å². The van der Waals surface area contributed by atoms with Crippen LogP contribution in [0.3, 0.4) is 0 Å². The quantitative estimate of drug-likeness (QED) is 0.519. The highest BCUT2D eigenvalue weighted by Crippen LogP contribution is 2.29. The van der Waals surface area contributed by atoms with E-state index in [0.717, 1.165) is 28.0 Å². The second kappa shape index (κ2) is 7.52. The molecular weight excluding hydrogens is 372 g/mol. The van der Waals surface area contributed by atoms with Crippen molar-refractivity contribution in [3.63, 3.8) is 0 Å². The fourth-order valence-electron chi connectivity index (χ4n) is 3.35. The van der Waals surface area contributed by atoms with Gasteiger partial charge in [-0.15, -0.1) is 0 Å². The third-order valence-electron chi connectivity index (χ3n) is 4.95. The van der Waals surface area contributed by atoms with Crippen LogP contribution in [0.15, 0.2) is 59.8 Å². The van der Waals surface area contributed by atoms with Crippen LogP contribution >= 0.6 is 11.6 Å². The number of hydrogen-bond donors (Lipinski definition) is 2.